The zero-order chi connectivity index (χ0) is 9.84. The van der Waals surface area contributed by atoms with Gasteiger partial charge in [-0.1, -0.05) is 32.6 Å². The van der Waals surface area contributed by atoms with Gasteiger partial charge in [0.25, 0.3) is 0 Å². The molecule has 1 fully saturated rings. The van der Waals surface area contributed by atoms with Gasteiger partial charge < -0.3 is 5.32 Å². The van der Waals surface area contributed by atoms with Gasteiger partial charge in [-0.3, -0.25) is 4.79 Å². The van der Waals surface area contributed by atoms with Crippen molar-refractivity contribution in [3.05, 3.63) is 36.1 Å². The normalized spacial score (nSPS) is 22.8. The summed E-state index contributed by atoms with van der Waals surface area (Å²) < 4.78 is 0. The number of allylic oxidation sites excluding steroid dienone is 4. The van der Waals surface area contributed by atoms with Crippen molar-refractivity contribution in [2.24, 2.45) is 5.92 Å². The first-order valence-corrected chi connectivity index (χ1v) is 4.47. The van der Waals surface area contributed by atoms with Crippen LogP contribution < -0.4 is 5.32 Å². The van der Waals surface area contributed by atoms with Crippen LogP contribution in [-0.4, -0.2) is 5.91 Å². The van der Waals surface area contributed by atoms with Gasteiger partial charge in [-0.25, -0.2) is 0 Å². The van der Waals surface area contributed by atoms with E-state index in [2.05, 4.69) is 31.8 Å². The van der Waals surface area contributed by atoms with E-state index in [0.717, 1.165) is 11.3 Å². The second-order valence-electron chi connectivity index (χ2n) is 3.48. The van der Waals surface area contributed by atoms with Gasteiger partial charge >= 0.3 is 0 Å². The van der Waals surface area contributed by atoms with Gasteiger partial charge in [0.05, 0.1) is 6.42 Å². The topological polar surface area (TPSA) is 29.1 Å². The molecule has 0 saturated carbocycles. The Kier molecular flexibility index (Phi) is 3.07. The third-order valence-corrected chi connectivity index (χ3v) is 1.79. The molecule has 13 heavy (non-hydrogen) atoms. The van der Waals surface area contributed by atoms with Gasteiger partial charge in [0.1, 0.15) is 0 Å². The zero-order valence-electron chi connectivity index (χ0n) is 8.13. The largest absolute Gasteiger partial charge is 0.326 e. The van der Waals surface area contributed by atoms with E-state index in [-0.39, 0.29) is 5.91 Å². The molecule has 0 aromatic heterocycles. The summed E-state index contributed by atoms with van der Waals surface area (Å²) in [7, 11) is 0. The van der Waals surface area contributed by atoms with Crippen molar-refractivity contribution >= 4 is 5.91 Å². The van der Waals surface area contributed by atoms with Crippen molar-refractivity contribution in [1.82, 2.24) is 5.32 Å². The van der Waals surface area contributed by atoms with E-state index < -0.39 is 0 Å². The molecule has 1 aliphatic rings. The highest BCUT2D eigenvalue weighted by Gasteiger charge is 2.19. The number of hydrogen-bond donors (Lipinski definition) is 1. The van der Waals surface area contributed by atoms with Crippen molar-refractivity contribution in [2.75, 3.05) is 0 Å². The van der Waals surface area contributed by atoms with Crippen LogP contribution in [0.1, 0.15) is 20.3 Å². The van der Waals surface area contributed by atoms with E-state index in [0.29, 0.717) is 12.3 Å². The minimum atomic E-state index is 0.0694. The molecule has 0 spiro atoms. The molecule has 2 heteroatoms. The van der Waals surface area contributed by atoms with Gasteiger partial charge in [0.2, 0.25) is 5.91 Å². The predicted molar refractivity (Wildman–Crippen MR) is 54.0 cm³/mol. The molecule has 0 radical (unpaired) electrons. The number of hydrogen-bond acceptors (Lipinski definition) is 1. The molecule has 1 N–H and O–H groups in total. The van der Waals surface area contributed by atoms with E-state index >= 15 is 0 Å². The summed E-state index contributed by atoms with van der Waals surface area (Å²) >= 11 is 0. The first-order chi connectivity index (χ1) is 6.13. The molecule has 1 aliphatic heterocycles. The first-order valence-electron chi connectivity index (χ1n) is 4.47. The predicted octanol–water partition coefficient (Wildman–Crippen LogP) is 2.16. The summed E-state index contributed by atoms with van der Waals surface area (Å²) in [4.78, 5) is 11.1. The lowest BCUT2D eigenvalue weighted by Gasteiger charge is -2.00. The second kappa shape index (κ2) is 4.08. The van der Waals surface area contributed by atoms with Crippen LogP contribution in [0.4, 0.5) is 0 Å². The maximum absolute atomic E-state index is 11.1. The van der Waals surface area contributed by atoms with Gasteiger partial charge in [-0.15, -0.1) is 0 Å². The summed E-state index contributed by atoms with van der Waals surface area (Å²) in [6.45, 7) is 7.80. The van der Waals surface area contributed by atoms with E-state index in [1.54, 1.807) is 6.08 Å². The molecule has 1 saturated heterocycles. The number of carbonyl (C=O) groups is 1. The molecule has 70 valence electrons. The fraction of sp³-hybridized carbons (Fsp3) is 0.364. The molecule has 0 aliphatic carbocycles. The summed E-state index contributed by atoms with van der Waals surface area (Å²) in [5.41, 5.74) is 1.98. The minimum absolute atomic E-state index is 0.0694. The lowest BCUT2D eigenvalue weighted by atomic mass is 10.1. The summed E-state index contributed by atoms with van der Waals surface area (Å²) in [6, 6.07) is 0. The number of amides is 1. The van der Waals surface area contributed by atoms with E-state index in [4.69, 9.17) is 0 Å². The molecule has 0 aromatic carbocycles. The monoisotopic (exact) mass is 177 g/mol. The van der Waals surface area contributed by atoms with E-state index in [9.17, 15) is 4.79 Å². The van der Waals surface area contributed by atoms with Crippen LogP contribution in [0, 0.1) is 5.92 Å². The Morgan fingerprint density at radius 3 is 2.77 bits per heavy atom. The van der Waals surface area contributed by atoms with E-state index in [1.165, 1.54) is 0 Å². The Balaban J connectivity index is 2.90. The van der Waals surface area contributed by atoms with Crippen molar-refractivity contribution < 1.29 is 4.79 Å². The van der Waals surface area contributed by atoms with Crippen LogP contribution in [-0.2, 0) is 4.79 Å². The molecular weight excluding hydrogens is 162 g/mol. The maximum atomic E-state index is 11.1. The molecule has 1 rings (SSSR count). The quantitative estimate of drug-likeness (QED) is 0.688. The third-order valence-electron chi connectivity index (χ3n) is 1.79. The molecule has 0 aromatic rings. The standard InChI is InChI=1S/C11H15NO/c1-4-5-10-9(6-8(2)3)7-11(13)12-10/h4-6,8H,1,7H2,2-3H3,(H,12,13)/b9-6-,10-5+. The molecule has 0 unspecified atom stereocenters. The maximum Gasteiger partial charge on any atom is 0.228 e. The fourth-order valence-corrected chi connectivity index (χ4v) is 1.36. The lowest BCUT2D eigenvalue weighted by Crippen LogP contribution is -2.11. The van der Waals surface area contributed by atoms with Crippen LogP contribution in [0.5, 0.6) is 0 Å². The molecular formula is C11H15NO. The average Bonchev–Trinajstić information content (AvgIpc) is 2.31. The minimum Gasteiger partial charge on any atom is -0.326 e. The Hall–Kier alpha value is -1.31. The lowest BCUT2D eigenvalue weighted by molar-refractivity contribution is -0.118. The summed E-state index contributed by atoms with van der Waals surface area (Å²) in [5, 5.41) is 2.79. The van der Waals surface area contributed by atoms with Gasteiger partial charge in [-0.05, 0) is 17.6 Å². The zero-order valence-corrected chi connectivity index (χ0v) is 8.13. The van der Waals surface area contributed by atoms with Crippen LogP contribution >= 0.6 is 0 Å². The van der Waals surface area contributed by atoms with Crippen molar-refractivity contribution in [3.8, 4) is 0 Å². The highest BCUT2D eigenvalue weighted by Crippen LogP contribution is 2.20. The molecule has 1 heterocycles. The van der Waals surface area contributed by atoms with Crippen LogP contribution in [0.3, 0.4) is 0 Å². The first kappa shape index (κ1) is 9.78. The Morgan fingerprint density at radius 1 is 1.54 bits per heavy atom. The smallest absolute Gasteiger partial charge is 0.228 e. The second-order valence-corrected chi connectivity index (χ2v) is 3.48. The van der Waals surface area contributed by atoms with Crippen molar-refractivity contribution in [2.45, 2.75) is 20.3 Å². The van der Waals surface area contributed by atoms with Crippen LogP contribution in [0.25, 0.3) is 0 Å². The molecule has 2 nitrogen and oxygen atoms in total. The number of nitrogens with one attached hydrogen (secondary N) is 1. The Morgan fingerprint density at radius 2 is 2.23 bits per heavy atom. The highest BCUT2D eigenvalue weighted by molar-refractivity contribution is 5.86. The number of carbonyl (C=O) groups excluding carboxylic acids is 1. The van der Waals surface area contributed by atoms with Crippen LogP contribution in [0.15, 0.2) is 36.1 Å². The third kappa shape index (κ3) is 2.58. The SMILES string of the molecule is C=C/C=C1/NC(=O)C/C1=C/C(C)C. The average molecular weight is 177 g/mol. The summed E-state index contributed by atoms with van der Waals surface area (Å²) in [6.07, 6.45) is 6.12. The summed E-state index contributed by atoms with van der Waals surface area (Å²) in [5.74, 6) is 0.538. The molecule has 1 amide bonds. The fourth-order valence-electron chi connectivity index (χ4n) is 1.36. The van der Waals surface area contributed by atoms with E-state index in [1.807, 2.05) is 6.08 Å². The van der Waals surface area contributed by atoms with Gasteiger partial charge in [-0.2, -0.15) is 0 Å². The van der Waals surface area contributed by atoms with Crippen LogP contribution in [0.2, 0.25) is 0 Å². The van der Waals surface area contributed by atoms with Crippen molar-refractivity contribution in [1.29, 1.82) is 0 Å². The molecule has 0 atom stereocenters. The highest BCUT2D eigenvalue weighted by atomic mass is 16.1. The number of rotatable bonds is 2. The van der Waals surface area contributed by atoms with Gasteiger partial charge in [0.15, 0.2) is 0 Å². The Bertz CT molecular complexity index is 284. The molecule has 0 bridgehead atoms. The van der Waals surface area contributed by atoms with Gasteiger partial charge in [0, 0.05) is 5.70 Å². The Labute approximate surface area is 79.0 Å². The van der Waals surface area contributed by atoms with Crippen molar-refractivity contribution in [3.63, 3.8) is 0 Å².